The quantitative estimate of drug-likeness (QED) is 0.741. The molecule has 1 aliphatic rings. The summed E-state index contributed by atoms with van der Waals surface area (Å²) in [5.74, 6) is 1.05. The Hall–Kier alpha value is -2.62. The van der Waals surface area contributed by atoms with Gasteiger partial charge in [-0.15, -0.1) is 0 Å². The Morgan fingerprint density at radius 1 is 1.04 bits per heavy atom. The lowest BCUT2D eigenvalue weighted by molar-refractivity contribution is -0.117. The van der Waals surface area contributed by atoms with Crippen LogP contribution in [0, 0.1) is 17.8 Å². The summed E-state index contributed by atoms with van der Waals surface area (Å²) in [6, 6.07) is 17.1. The van der Waals surface area contributed by atoms with Crippen molar-refractivity contribution in [1.29, 1.82) is 0 Å². The third-order valence-electron chi connectivity index (χ3n) is 5.08. The normalized spacial score (nSPS) is 19.4. The van der Waals surface area contributed by atoms with E-state index in [2.05, 4.69) is 31.4 Å². The fraction of sp³-hybridized carbons (Fsp3) is 0.391. The first-order chi connectivity index (χ1) is 12.9. The molecule has 27 heavy (non-hydrogen) atoms. The minimum atomic E-state index is -0.0989. The van der Waals surface area contributed by atoms with Crippen molar-refractivity contribution >= 4 is 17.5 Å². The van der Waals surface area contributed by atoms with Crippen LogP contribution in [-0.4, -0.2) is 11.8 Å². The Morgan fingerprint density at radius 2 is 1.67 bits per heavy atom. The summed E-state index contributed by atoms with van der Waals surface area (Å²) in [5, 5.41) is 6.07. The minimum Gasteiger partial charge on any atom is -0.345 e. The van der Waals surface area contributed by atoms with Crippen molar-refractivity contribution in [3.05, 3.63) is 65.7 Å². The third-order valence-corrected chi connectivity index (χ3v) is 5.08. The summed E-state index contributed by atoms with van der Waals surface area (Å²) < 4.78 is 0. The molecule has 0 radical (unpaired) electrons. The summed E-state index contributed by atoms with van der Waals surface area (Å²) in [6.07, 6.45) is 1.84. The monoisotopic (exact) mass is 364 g/mol. The molecule has 0 spiro atoms. The summed E-state index contributed by atoms with van der Waals surface area (Å²) in [4.78, 5) is 24.7. The van der Waals surface area contributed by atoms with Gasteiger partial charge in [0.15, 0.2) is 0 Å². The number of carbonyl (C=O) groups excluding carboxylic acids is 2. The molecule has 3 rings (SSSR count). The van der Waals surface area contributed by atoms with Gasteiger partial charge in [-0.25, -0.2) is 0 Å². The summed E-state index contributed by atoms with van der Waals surface area (Å²) in [5.41, 5.74) is 2.44. The molecule has 142 valence electrons. The van der Waals surface area contributed by atoms with Crippen LogP contribution < -0.4 is 10.6 Å². The molecule has 0 aromatic heterocycles. The molecule has 0 aliphatic heterocycles. The zero-order valence-electron chi connectivity index (χ0n) is 16.2. The van der Waals surface area contributed by atoms with Crippen LogP contribution >= 0.6 is 0 Å². The molecule has 2 aromatic rings. The molecule has 0 saturated heterocycles. The smallest absolute Gasteiger partial charge is 0.251 e. The second kappa shape index (κ2) is 8.38. The topological polar surface area (TPSA) is 58.2 Å². The van der Waals surface area contributed by atoms with Gasteiger partial charge in [0.25, 0.3) is 5.91 Å². The van der Waals surface area contributed by atoms with Crippen molar-refractivity contribution < 1.29 is 9.59 Å². The second-order valence-electron chi connectivity index (χ2n) is 7.95. The number of nitrogens with one attached hydrogen (secondary N) is 2. The molecule has 1 saturated carbocycles. The Morgan fingerprint density at radius 3 is 2.22 bits per heavy atom. The number of hydrogen-bond donors (Lipinski definition) is 2. The standard InChI is InChI=1S/C23H28N2O2/c1-15(2)13-21(17-7-5-4-6-8-17)25-22(26)18-9-11-19(12-10-18)24-23(27)20-14-16(20)3/h4-12,15-16,20-21H,13-14H2,1-3H3,(H,24,27)(H,25,26). The molecule has 3 atom stereocenters. The van der Waals surface area contributed by atoms with E-state index in [1.807, 2.05) is 30.3 Å². The zero-order valence-corrected chi connectivity index (χ0v) is 16.2. The van der Waals surface area contributed by atoms with Gasteiger partial charge in [-0.3, -0.25) is 9.59 Å². The van der Waals surface area contributed by atoms with Gasteiger partial charge < -0.3 is 10.6 Å². The number of hydrogen-bond acceptors (Lipinski definition) is 2. The first-order valence-electron chi connectivity index (χ1n) is 9.70. The highest BCUT2D eigenvalue weighted by Crippen LogP contribution is 2.38. The van der Waals surface area contributed by atoms with Crippen LogP contribution in [0.1, 0.15) is 55.6 Å². The molecular weight excluding hydrogens is 336 g/mol. The van der Waals surface area contributed by atoms with Gasteiger partial charge in [-0.05, 0) is 54.5 Å². The molecule has 1 fully saturated rings. The average Bonchev–Trinajstić information content (AvgIpc) is 3.39. The van der Waals surface area contributed by atoms with E-state index in [0.29, 0.717) is 17.4 Å². The molecule has 2 aromatic carbocycles. The number of rotatable bonds is 7. The van der Waals surface area contributed by atoms with Gasteiger partial charge in [-0.2, -0.15) is 0 Å². The first kappa shape index (κ1) is 19.2. The zero-order chi connectivity index (χ0) is 19.4. The van der Waals surface area contributed by atoms with Crippen molar-refractivity contribution in [3.63, 3.8) is 0 Å². The van der Waals surface area contributed by atoms with Gasteiger partial charge >= 0.3 is 0 Å². The number of amides is 2. The lowest BCUT2D eigenvalue weighted by Gasteiger charge is -2.21. The van der Waals surface area contributed by atoms with Gasteiger partial charge in [0.2, 0.25) is 5.91 Å². The third kappa shape index (κ3) is 5.19. The Labute approximate surface area is 161 Å². The van der Waals surface area contributed by atoms with Gasteiger partial charge in [-0.1, -0.05) is 51.1 Å². The largest absolute Gasteiger partial charge is 0.345 e. The van der Waals surface area contributed by atoms with Crippen molar-refractivity contribution in [3.8, 4) is 0 Å². The fourth-order valence-corrected chi connectivity index (χ4v) is 3.30. The van der Waals surface area contributed by atoms with Crippen LogP contribution in [0.3, 0.4) is 0 Å². The molecule has 2 N–H and O–H groups in total. The van der Waals surface area contributed by atoms with Gasteiger partial charge in [0.05, 0.1) is 6.04 Å². The molecular formula is C23H28N2O2. The van der Waals surface area contributed by atoms with Crippen LogP contribution in [0.25, 0.3) is 0 Å². The van der Waals surface area contributed by atoms with E-state index in [9.17, 15) is 9.59 Å². The number of anilines is 1. The van der Waals surface area contributed by atoms with E-state index in [4.69, 9.17) is 0 Å². The maximum absolute atomic E-state index is 12.7. The molecule has 0 bridgehead atoms. The van der Waals surface area contributed by atoms with E-state index in [0.717, 1.165) is 24.1 Å². The van der Waals surface area contributed by atoms with E-state index in [-0.39, 0.29) is 23.8 Å². The molecule has 1 aliphatic carbocycles. The Balaban J connectivity index is 1.64. The Bertz CT molecular complexity index is 784. The maximum Gasteiger partial charge on any atom is 0.251 e. The highest BCUT2D eigenvalue weighted by Gasteiger charge is 2.39. The van der Waals surface area contributed by atoms with E-state index >= 15 is 0 Å². The second-order valence-corrected chi connectivity index (χ2v) is 7.95. The summed E-state index contributed by atoms with van der Waals surface area (Å²) in [6.45, 7) is 6.39. The fourth-order valence-electron chi connectivity index (χ4n) is 3.30. The minimum absolute atomic E-state index is 0.0190. The highest BCUT2D eigenvalue weighted by molar-refractivity contribution is 5.97. The molecule has 2 amide bonds. The van der Waals surface area contributed by atoms with Crippen LogP contribution in [0.2, 0.25) is 0 Å². The number of carbonyl (C=O) groups is 2. The summed E-state index contributed by atoms with van der Waals surface area (Å²) in [7, 11) is 0. The van der Waals surface area contributed by atoms with E-state index < -0.39 is 0 Å². The SMILES string of the molecule is CC(C)CC(NC(=O)c1ccc(NC(=O)C2CC2C)cc1)c1ccccc1. The maximum atomic E-state index is 12.7. The lowest BCUT2D eigenvalue weighted by atomic mass is 9.96. The van der Waals surface area contributed by atoms with E-state index in [1.54, 1.807) is 24.3 Å². The summed E-state index contributed by atoms with van der Waals surface area (Å²) >= 11 is 0. The van der Waals surface area contributed by atoms with Crippen LogP contribution in [-0.2, 0) is 4.79 Å². The molecule has 4 heteroatoms. The molecule has 0 heterocycles. The van der Waals surface area contributed by atoms with E-state index in [1.165, 1.54) is 0 Å². The van der Waals surface area contributed by atoms with Gasteiger partial charge in [0.1, 0.15) is 0 Å². The predicted molar refractivity (Wildman–Crippen MR) is 108 cm³/mol. The molecule has 3 unspecified atom stereocenters. The van der Waals surface area contributed by atoms with Crippen molar-refractivity contribution in [2.45, 2.75) is 39.7 Å². The lowest BCUT2D eigenvalue weighted by Crippen LogP contribution is -2.29. The Kier molecular flexibility index (Phi) is 5.94. The van der Waals surface area contributed by atoms with Crippen molar-refractivity contribution in [2.75, 3.05) is 5.32 Å². The number of benzene rings is 2. The molecule has 4 nitrogen and oxygen atoms in total. The highest BCUT2D eigenvalue weighted by atomic mass is 16.2. The van der Waals surface area contributed by atoms with Crippen LogP contribution in [0.4, 0.5) is 5.69 Å². The average molecular weight is 364 g/mol. The van der Waals surface area contributed by atoms with Crippen LogP contribution in [0.5, 0.6) is 0 Å². The van der Waals surface area contributed by atoms with Crippen LogP contribution in [0.15, 0.2) is 54.6 Å². The first-order valence-corrected chi connectivity index (χ1v) is 9.70. The predicted octanol–water partition coefficient (Wildman–Crippen LogP) is 4.80. The van der Waals surface area contributed by atoms with Crippen molar-refractivity contribution in [1.82, 2.24) is 5.32 Å². The van der Waals surface area contributed by atoms with Gasteiger partial charge in [0, 0.05) is 17.2 Å². The van der Waals surface area contributed by atoms with Crippen molar-refractivity contribution in [2.24, 2.45) is 17.8 Å².